The van der Waals surface area contributed by atoms with Crippen LogP contribution in [0.5, 0.6) is 0 Å². The van der Waals surface area contributed by atoms with Gasteiger partial charge < -0.3 is 15.0 Å². The fourth-order valence-corrected chi connectivity index (χ4v) is 5.07. The molecule has 2 aromatic heterocycles. The molecule has 0 spiro atoms. The highest BCUT2D eigenvalue weighted by Gasteiger charge is 2.32. The molecule has 9 heteroatoms. The summed E-state index contributed by atoms with van der Waals surface area (Å²) in [5.41, 5.74) is 2.61. The van der Waals surface area contributed by atoms with Crippen LogP contribution >= 0.6 is 0 Å². The molecule has 0 unspecified atom stereocenters. The molecule has 5 rings (SSSR count). The lowest BCUT2D eigenvalue weighted by Crippen LogP contribution is -2.48. The molecule has 1 saturated heterocycles. The number of amides is 1. The summed E-state index contributed by atoms with van der Waals surface area (Å²) in [5.74, 6) is 0.187. The Balaban J connectivity index is 1.39. The largest absolute Gasteiger partial charge is 0.381 e. The third-order valence-electron chi connectivity index (χ3n) is 7.16. The number of hydrogen-bond acceptors (Lipinski definition) is 4. The van der Waals surface area contributed by atoms with Gasteiger partial charge in [0.1, 0.15) is 11.4 Å². The number of likely N-dealkylation sites (tertiary alicyclic amines) is 1. The molecule has 0 atom stereocenters. The number of H-pyrrole nitrogens is 2. The molecule has 37 heavy (non-hydrogen) atoms. The zero-order valence-corrected chi connectivity index (χ0v) is 21.1. The van der Waals surface area contributed by atoms with Crippen molar-refractivity contribution in [3.8, 4) is 5.95 Å². The minimum Gasteiger partial charge on any atom is -0.381 e. The van der Waals surface area contributed by atoms with Crippen molar-refractivity contribution >= 4 is 16.9 Å². The Hall–Kier alpha value is -3.72. The van der Waals surface area contributed by atoms with Crippen LogP contribution in [-0.4, -0.2) is 54.4 Å². The average molecular weight is 506 g/mol. The third-order valence-corrected chi connectivity index (χ3v) is 7.16. The van der Waals surface area contributed by atoms with E-state index >= 15 is 0 Å². The van der Waals surface area contributed by atoms with Crippen LogP contribution in [0.4, 0.5) is 4.39 Å². The first-order chi connectivity index (χ1) is 17.7. The van der Waals surface area contributed by atoms with Gasteiger partial charge in [-0.25, -0.2) is 9.37 Å². The number of imidazole rings is 1. The van der Waals surface area contributed by atoms with Gasteiger partial charge in [-0.2, -0.15) is 4.68 Å². The van der Waals surface area contributed by atoms with Crippen molar-refractivity contribution in [2.45, 2.75) is 51.6 Å². The molecule has 0 radical (unpaired) electrons. The number of aryl methyl sites for hydroxylation is 1. The SMILES string of the molecule is CC(C)(O)C(=O)N1CCC(Cc2[nH]n(-c3nc4ccccc4[nH]3)c(=O)c2CCc2ccc(F)cc2)CC1. The average Bonchev–Trinajstić information content (AvgIpc) is 3.44. The van der Waals surface area contributed by atoms with Crippen molar-refractivity contribution in [1.29, 1.82) is 0 Å². The number of para-hydroxylation sites is 2. The molecule has 8 nitrogen and oxygen atoms in total. The molecule has 2 aromatic carbocycles. The van der Waals surface area contributed by atoms with Gasteiger partial charge in [0.05, 0.1) is 11.0 Å². The standard InChI is InChI=1S/C28H32FN5O3/c1-28(2,37)26(36)33-15-13-19(14-16-33)17-24-21(12-9-18-7-10-20(29)11-8-18)25(35)34(32-24)27-30-22-5-3-4-6-23(22)31-27/h3-8,10-11,19,32,37H,9,12-17H2,1-2H3,(H,30,31). The molecule has 1 aliphatic heterocycles. The number of carbonyl (C=O) groups excluding carboxylic acids is 1. The number of piperidine rings is 1. The Labute approximate surface area is 214 Å². The Morgan fingerprint density at radius 3 is 2.49 bits per heavy atom. The van der Waals surface area contributed by atoms with Crippen LogP contribution in [0.1, 0.15) is 43.5 Å². The van der Waals surface area contributed by atoms with Crippen molar-refractivity contribution in [1.82, 2.24) is 24.6 Å². The normalized spacial score (nSPS) is 15.0. The summed E-state index contributed by atoms with van der Waals surface area (Å²) >= 11 is 0. The summed E-state index contributed by atoms with van der Waals surface area (Å²) in [6.07, 6.45) is 3.37. The fraction of sp³-hybridized carbons (Fsp3) is 0.393. The number of nitrogens with zero attached hydrogens (tertiary/aromatic N) is 3. The summed E-state index contributed by atoms with van der Waals surface area (Å²) < 4.78 is 14.8. The van der Waals surface area contributed by atoms with Crippen LogP contribution < -0.4 is 5.56 Å². The van der Waals surface area contributed by atoms with Gasteiger partial charge in [0, 0.05) is 24.3 Å². The topological polar surface area (TPSA) is 107 Å². The Kier molecular flexibility index (Phi) is 6.72. The van der Waals surface area contributed by atoms with E-state index in [1.54, 1.807) is 17.0 Å². The minimum atomic E-state index is -1.38. The first kappa shape index (κ1) is 25.0. The molecule has 0 aliphatic carbocycles. The Morgan fingerprint density at radius 2 is 1.81 bits per heavy atom. The van der Waals surface area contributed by atoms with Gasteiger partial charge >= 0.3 is 0 Å². The van der Waals surface area contributed by atoms with Crippen molar-refractivity contribution in [3.63, 3.8) is 0 Å². The molecule has 4 aromatic rings. The number of aromatic nitrogens is 4. The van der Waals surface area contributed by atoms with Gasteiger partial charge in [0.15, 0.2) is 0 Å². The highest BCUT2D eigenvalue weighted by molar-refractivity contribution is 5.84. The van der Waals surface area contributed by atoms with Crippen molar-refractivity contribution in [2.24, 2.45) is 5.92 Å². The second-order valence-corrected chi connectivity index (χ2v) is 10.4. The monoisotopic (exact) mass is 505 g/mol. The molecular weight excluding hydrogens is 473 g/mol. The Bertz CT molecular complexity index is 1420. The van der Waals surface area contributed by atoms with Crippen LogP contribution in [-0.2, 0) is 24.1 Å². The van der Waals surface area contributed by atoms with Crippen LogP contribution in [0.25, 0.3) is 17.0 Å². The maximum atomic E-state index is 13.6. The van der Waals surface area contributed by atoms with E-state index in [9.17, 15) is 19.1 Å². The highest BCUT2D eigenvalue weighted by Crippen LogP contribution is 2.25. The van der Waals surface area contributed by atoms with Crippen LogP contribution in [0, 0.1) is 11.7 Å². The number of fused-ring (bicyclic) bond motifs is 1. The number of aliphatic hydroxyl groups is 1. The third kappa shape index (κ3) is 5.36. The van der Waals surface area contributed by atoms with Gasteiger partial charge in [-0.1, -0.05) is 24.3 Å². The van der Waals surface area contributed by atoms with Crippen molar-refractivity contribution in [3.05, 3.63) is 81.5 Å². The second kappa shape index (κ2) is 9.97. The van der Waals surface area contributed by atoms with Crippen molar-refractivity contribution < 1.29 is 14.3 Å². The highest BCUT2D eigenvalue weighted by atomic mass is 19.1. The first-order valence-corrected chi connectivity index (χ1v) is 12.7. The van der Waals surface area contributed by atoms with E-state index in [2.05, 4.69) is 15.1 Å². The zero-order valence-electron chi connectivity index (χ0n) is 21.1. The molecule has 3 heterocycles. The van der Waals surface area contributed by atoms with Crippen molar-refractivity contribution in [2.75, 3.05) is 13.1 Å². The summed E-state index contributed by atoms with van der Waals surface area (Å²) in [4.78, 5) is 35.5. The van der Waals surface area contributed by atoms with Gasteiger partial charge in [-0.15, -0.1) is 0 Å². The summed E-state index contributed by atoms with van der Waals surface area (Å²) in [6.45, 7) is 4.18. The van der Waals surface area contributed by atoms with E-state index in [1.807, 2.05) is 24.3 Å². The number of hydrogen-bond donors (Lipinski definition) is 3. The molecule has 1 aliphatic rings. The number of aromatic amines is 2. The Morgan fingerprint density at radius 1 is 1.11 bits per heavy atom. The van der Waals surface area contributed by atoms with Crippen LogP contribution in [0.2, 0.25) is 0 Å². The quantitative estimate of drug-likeness (QED) is 0.357. The molecule has 1 fully saturated rings. The first-order valence-electron chi connectivity index (χ1n) is 12.7. The van der Waals surface area contributed by atoms with Gasteiger partial charge in [-0.3, -0.25) is 14.7 Å². The molecule has 1 amide bonds. The van der Waals surface area contributed by atoms with Crippen LogP contribution in [0.3, 0.4) is 0 Å². The van der Waals surface area contributed by atoms with E-state index < -0.39 is 5.60 Å². The number of carbonyl (C=O) groups is 1. The fourth-order valence-electron chi connectivity index (χ4n) is 5.07. The number of nitrogens with one attached hydrogen (secondary N) is 2. The molecule has 0 bridgehead atoms. The molecule has 194 valence electrons. The lowest BCUT2D eigenvalue weighted by atomic mass is 9.89. The van der Waals surface area contributed by atoms with Gasteiger partial charge in [0.2, 0.25) is 5.95 Å². The summed E-state index contributed by atoms with van der Waals surface area (Å²) in [6, 6.07) is 14.0. The number of halogens is 1. The van der Waals surface area contributed by atoms with E-state index in [4.69, 9.17) is 0 Å². The van der Waals surface area contributed by atoms with Gasteiger partial charge in [0.25, 0.3) is 11.5 Å². The zero-order chi connectivity index (χ0) is 26.2. The second-order valence-electron chi connectivity index (χ2n) is 10.4. The molecule has 3 N–H and O–H groups in total. The summed E-state index contributed by atoms with van der Waals surface area (Å²) in [5, 5.41) is 13.4. The van der Waals surface area contributed by atoms with Crippen LogP contribution in [0.15, 0.2) is 53.3 Å². The van der Waals surface area contributed by atoms with Gasteiger partial charge in [-0.05, 0) is 81.7 Å². The smallest absolute Gasteiger partial charge is 0.277 e. The predicted molar refractivity (Wildman–Crippen MR) is 139 cm³/mol. The maximum Gasteiger partial charge on any atom is 0.277 e. The molecular formula is C28H32FN5O3. The summed E-state index contributed by atoms with van der Waals surface area (Å²) in [7, 11) is 0. The lowest BCUT2D eigenvalue weighted by molar-refractivity contribution is -0.149. The van der Waals surface area contributed by atoms with E-state index in [0.29, 0.717) is 43.9 Å². The lowest BCUT2D eigenvalue weighted by Gasteiger charge is -2.35. The van der Waals surface area contributed by atoms with E-state index in [0.717, 1.165) is 35.1 Å². The maximum absolute atomic E-state index is 13.6. The molecule has 0 saturated carbocycles. The predicted octanol–water partition coefficient (Wildman–Crippen LogP) is 3.52. The number of benzene rings is 2. The minimum absolute atomic E-state index is 0.147. The van der Waals surface area contributed by atoms with E-state index in [-0.39, 0.29) is 23.2 Å². The number of rotatable bonds is 7. The van der Waals surface area contributed by atoms with E-state index in [1.165, 1.54) is 30.7 Å².